The molecule has 0 bridgehead atoms. The molecule has 3 rings (SSSR count). The molecule has 1 N–H and O–H groups in total. The van der Waals surface area contributed by atoms with E-state index in [4.69, 9.17) is 0 Å². The van der Waals surface area contributed by atoms with E-state index < -0.39 is 0 Å². The lowest BCUT2D eigenvalue weighted by molar-refractivity contribution is -0.128. The Balaban J connectivity index is 1.71. The van der Waals surface area contributed by atoms with Crippen LogP contribution in [0.3, 0.4) is 0 Å². The molecule has 1 aliphatic heterocycles. The Bertz CT molecular complexity index is 521. The summed E-state index contributed by atoms with van der Waals surface area (Å²) in [4.78, 5) is 20.9. The molecule has 1 atom stereocenters. The van der Waals surface area contributed by atoms with Gasteiger partial charge in [0.1, 0.15) is 0 Å². The number of carbonyl (C=O) groups is 1. The maximum atomic E-state index is 12.0. The fourth-order valence-corrected chi connectivity index (χ4v) is 2.45. The first-order valence-electron chi connectivity index (χ1n) is 6.13. The number of nitrogens with one attached hydrogen (secondary N) is 1. The van der Waals surface area contributed by atoms with Gasteiger partial charge in [0, 0.05) is 25.1 Å². The Morgan fingerprint density at radius 2 is 2.17 bits per heavy atom. The number of benzene rings is 1. The summed E-state index contributed by atoms with van der Waals surface area (Å²) in [5, 5.41) is 0. The van der Waals surface area contributed by atoms with E-state index in [-0.39, 0.29) is 5.91 Å². The second-order valence-electron chi connectivity index (χ2n) is 4.66. The van der Waals surface area contributed by atoms with E-state index in [1.165, 1.54) is 5.56 Å². The first-order chi connectivity index (χ1) is 8.83. The highest BCUT2D eigenvalue weighted by Crippen LogP contribution is 2.28. The Morgan fingerprint density at radius 1 is 1.33 bits per heavy atom. The van der Waals surface area contributed by atoms with Gasteiger partial charge < -0.3 is 9.88 Å². The van der Waals surface area contributed by atoms with Crippen molar-refractivity contribution in [3.8, 4) is 0 Å². The summed E-state index contributed by atoms with van der Waals surface area (Å²) in [6.07, 6.45) is 4.02. The minimum absolute atomic E-state index is 0.221. The van der Waals surface area contributed by atoms with Crippen molar-refractivity contribution in [3.05, 3.63) is 54.1 Å². The van der Waals surface area contributed by atoms with Crippen LogP contribution in [0, 0.1) is 0 Å². The molecule has 2 aromatic rings. The first-order valence-corrected chi connectivity index (χ1v) is 6.13. The highest BCUT2D eigenvalue weighted by Gasteiger charge is 2.30. The highest BCUT2D eigenvalue weighted by atomic mass is 16.2. The number of aromatic nitrogens is 2. The lowest BCUT2D eigenvalue weighted by Gasteiger charge is -2.15. The van der Waals surface area contributed by atoms with Crippen LogP contribution in [0.25, 0.3) is 0 Å². The number of nitrogens with zero attached hydrogens (tertiary/aromatic N) is 2. The zero-order chi connectivity index (χ0) is 12.4. The maximum Gasteiger partial charge on any atom is 0.223 e. The molecule has 4 nitrogen and oxygen atoms in total. The Labute approximate surface area is 106 Å². The summed E-state index contributed by atoms with van der Waals surface area (Å²) < 4.78 is 0. The quantitative estimate of drug-likeness (QED) is 0.892. The molecular weight excluding hydrogens is 226 g/mol. The average Bonchev–Trinajstić information content (AvgIpc) is 3.02. The minimum Gasteiger partial charge on any atom is -0.347 e. The molecule has 1 unspecified atom stereocenters. The van der Waals surface area contributed by atoms with Gasteiger partial charge in [-0.1, -0.05) is 30.3 Å². The van der Waals surface area contributed by atoms with Gasteiger partial charge in [0.15, 0.2) is 0 Å². The van der Waals surface area contributed by atoms with Crippen LogP contribution in [0.1, 0.15) is 23.6 Å². The predicted molar refractivity (Wildman–Crippen MR) is 67.8 cm³/mol. The molecule has 2 heterocycles. The average molecular weight is 241 g/mol. The van der Waals surface area contributed by atoms with Crippen LogP contribution < -0.4 is 0 Å². The van der Waals surface area contributed by atoms with Gasteiger partial charge in [-0.2, -0.15) is 0 Å². The van der Waals surface area contributed by atoms with Crippen LogP contribution in [0.2, 0.25) is 0 Å². The van der Waals surface area contributed by atoms with Crippen molar-refractivity contribution in [2.24, 2.45) is 0 Å². The van der Waals surface area contributed by atoms with Gasteiger partial charge in [-0.25, -0.2) is 4.98 Å². The van der Waals surface area contributed by atoms with Crippen molar-refractivity contribution in [2.45, 2.75) is 18.9 Å². The molecule has 0 spiro atoms. The van der Waals surface area contributed by atoms with E-state index in [9.17, 15) is 4.79 Å². The molecular formula is C14H15N3O. The van der Waals surface area contributed by atoms with Gasteiger partial charge in [0.2, 0.25) is 5.91 Å². The highest BCUT2D eigenvalue weighted by molar-refractivity contribution is 5.79. The third-order valence-electron chi connectivity index (χ3n) is 3.40. The second-order valence-corrected chi connectivity index (χ2v) is 4.66. The van der Waals surface area contributed by atoms with Crippen molar-refractivity contribution in [1.82, 2.24) is 14.9 Å². The van der Waals surface area contributed by atoms with Crippen LogP contribution in [-0.4, -0.2) is 27.3 Å². The summed E-state index contributed by atoms with van der Waals surface area (Å²) >= 11 is 0. The van der Waals surface area contributed by atoms with Crippen molar-refractivity contribution in [2.75, 3.05) is 6.54 Å². The molecule has 1 amide bonds. The van der Waals surface area contributed by atoms with E-state index in [0.717, 1.165) is 12.2 Å². The SMILES string of the molecule is O=C1CC(c2ccccc2)CN1Cc1cnc[nH]1. The van der Waals surface area contributed by atoms with Gasteiger partial charge in [-0.15, -0.1) is 0 Å². The third kappa shape index (κ3) is 2.14. The summed E-state index contributed by atoms with van der Waals surface area (Å²) in [5.74, 6) is 0.542. The Kier molecular flexibility index (Phi) is 2.84. The molecule has 18 heavy (non-hydrogen) atoms. The zero-order valence-corrected chi connectivity index (χ0v) is 10.0. The van der Waals surface area contributed by atoms with Gasteiger partial charge >= 0.3 is 0 Å². The zero-order valence-electron chi connectivity index (χ0n) is 10.0. The number of aromatic amines is 1. The molecule has 1 aromatic carbocycles. The molecule has 92 valence electrons. The second kappa shape index (κ2) is 4.64. The number of hydrogen-bond acceptors (Lipinski definition) is 2. The van der Waals surface area contributed by atoms with Crippen LogP contribution in [0.5, 0.6) is 0 Å². The van der Waals surface area contributed by atoms with Crippen LogP contribution in [0.15, 0.2) is 42.9 Å². The van der Waals surface area contributed by atoms with Crippen molar-refractivity contribution in [1.29, 1.82) is 0 Å². The van der Waals surface area contributed by atoms with Crippen LogP contribution >= 0.6 is 0 Å². The first kappa shape index (κ1) is 11.0. The fraction of sp³-hybridized carbons (Fsp3) is 0.286. The normalized spacial score (nSPS) is 19.4. The predicted octanol–water partition coefficient (Wildman–Crippen LogP) is 1.93. The van der Waals surface area contributed by atoms with Gasteiger partial charge in [0.25, 0.3) is 0 Å². The summed E-state index contributed by atoms with van der Waals surface area (Å²) in [7, 11) is 0. The van der Waals surface area contributed by atoms with Gasteiger partial charge in [-0.05, 0) is 5.56 Å². The fourth-order valence-electron chi connectivity index (χ4n) is 2.45. The monoisotopic (exact) mass is 241 g/mol. The van der Waals surface area contributed by atoms with Crippen molar-refractivity contribution >= 4 is 5.91 Å². The van der Waals surface area contributed by atoms with Crippen LogP contribution in [-0.2, 0) is 11.3 Å². The maximum absolute atomic E-state index is 12.0. The molecule has 0 radical (unpaired) electrons. The molecule has 4 heteroatoms. The minimum atomic E-state index is 0.221. The standard InChI is InChI=1S/C14H15N3O/c18-14-6-12(11-4-2-1-3-5-11)8-17(14)9-13-7-15-10-16-13/h1-5,7,10,12H,6,8-9H2,(H,15,16). The number of carbonyl (C=O) groups excluding carboxylic acids is 1. The largest absolute Gasteiger partial charge is 0.347 e. The van der Waals surface area contributed by atoms with Gasteiger partial charge in [-0.3, -0.25) is 4.79 Å². The summed E-state index contributed by atoms with van der Waals surface area (Å²) in [6.45, 7) is 1.42. The molecule has 1 aromatic heterocycles. The molecule has 1 fully saturated rings. The topological polar surface area (TPSA) is 49.0 Å². The molecule has 0 aliphatic carbocycles. The number of hydrogen-bond donors (Lipinski definition) is 1. The van der Waals surface area contributed by atoms with Crippen LogP contribution in [0.4, 0.5) is 0 Å². The van der Waals surface area contributed by atoms with E-state index >= 15 is 0 Å². The smallest absolute Gasteiger partial charge is 0.223 e. The number of likely N-dealkylation sites (tertiary alicyclic amines) is 1. The molecule has 1 aliphatic rings. The number of amides is 1. The summed E-state index contributed by atoms with van der Waals surface area (Å²) in [6, 6.07) is 10.2. The molecule has 1 saturated heterocycles. The van der Waals surface area contributed by atoms with E-state index in [1.54, 1.807) is 12.5 Å². The summed E-state index contributed by atoms with van der Waals surface area (Å²) in [5.41, 5.74) is 2.23. The van der Waals surface area contributed by atoms with Crippen molar-refractivity contribution < 1.29 is 4.79 Å². The number of imidazole rings is 1. The lowest BCUT2D eigenvalue weighted by Crippen LogP contribution is -2.24. The Morgan fingerprint density at radius 3 is 2.89 bits per heavy atom. The third-order valence-corrected chi connectivity index (χ3v) is 3.40. The number of rotatable bonds is 3. The Hall–Kier alpha value is -2.10. The molecule has 0 saturated carbocycles. The van der Waals surface area contributed by atoms with E-state index in [1.807, 2.05) is 23.1 Å². The van der Waals surface area contributed by atoms with Gasteiger partial charge in [0.05, 0.1) is 18.6 Å². The lowest BCUT2D eigenvalue weighted by atomic mass is 9.99. The van der Waals surface area contributed by atoms with Crippen molar-refractivity contribution in [3.63, 3.8) is 0 Å². The van der Waals surface area contributed by atoms with E-state index in [2.05, 4.69) is 22.1 Å². The number of H-pyrrole nitrogens is 1. The van der Waals surface area contributed by atoms with E-state index in [0.29, 0.717) is 18.9 Å².